The summed E-state index contributed by atoms with van der Waals surface area (Å²) in [6.07, 6.45) is 2.35. The first-order valence-corrected chi connectivity index (χ1v) is 10.9. The van der Waals surface area contributed by atoms with Crippen molar-refractivity contribution in [2.75, 3.05) is 0 Å². The molecule has 0 N–H and O–H groups in total. The molecule has 2 aromatic rings. The zero-order valence-electron chi connectivity index (χ0n) is 19.8. The summed E-state index contributed by atoms with van der Waals surface area (Å²) in [6.45, 7) is 21.4. The molecule has 154 valence electrons. The number of fused-ring (bicyclic) bond motifs is 1. The van der Waals surface area contributed by atoms with Crippen molar-refractivity contribution in [3.8, 4) is 0 Å². The molecule has 0 unspecified atom stereocenters. The van der Waals surface area contributed by atoms with Crippen molar-refractivity contribution in [2.24, 2.45) is 0 Å². The van der Waals surface area contributed by atoms with Gasteiger partial charge in [0.2, 0.25) is 0 Å². The molecule has 2 aromatic carbocycles. The minimum absolute atomic E-state index is 0.126. The monoisotopic (exact) mass is 380 g/mol. The van der Waals surface area contributed by atoms with Crippen molar-refractivity contribution in [1.29, 1.82) is 0 Å². The summed E-state index contributed by atoms with van der Waals surface area (Å²) in [4.78, 5) is 13.0. The molecule has 1 nitrogen and oxygen atoms in total. The van der Waals surface area contributed by atoms with Gasteiger partial charge in [0.05, 0.1) is 0 Å². The third-order valence-electron chi connectivity index (χ3n) is 5.76. The fourth-order valence-corrected chi connectivity index (χ4v) is 3.83. The normalized spacial score (nSPS) is 15.9. The Hall–Kier alpha value is -1.89. The summed E-state index contributed by atoms with van der Waals surface area (Å²) in [6, 6.07) is 12.3. The fourth-order valence-electron chi connectivity index (χ4n) is 3.83. The van der Waals surface area contributed by atoms with Crippen LogP contribution in [0.5, 0.6) is 0 Å². The van der Waals surface area contributed by atoms with E-state index in [4.69, 9.17) is 0 Å². The van der Waals surface area contributed by atoms with Crippen LogP contribution in [0.1, 0.15) is 106 Å². The molecule has 28 heavy (non-hydrogen) atoms. The minimum Gasteiger partial charge on any atom is -0.289 e. The van der Waals surface area contributed by atoms with Crippen LogP contribution in [0.15, 0.2) is 36.4 Å². The molecule has 0 amide bonds. The molecule has 0 saturated carbocycles. The minimum atomic E-state index is 0.126. The Bertz CT molecular complexity index is 792. The van der Waals surface area contributed by atoms with Crippen LogP contribution in [0.4, 0.5) is 0 Å². The number of rotatable bonds is 2. The van der Waals surface area contributed by atoms with Crippen LogP contribution >= 0.6 is 0 Å². The van der Waals surface area contributed by atoms with Gasteiger partial charge in [0.25, 0.3) is 0 Å². The van der Waals surface area contributed by atoms with Gasteiger partial charge >= 0.3 is 0 Å². The lowest BCUT2D eigenvalue weighted by Crippen LogP contribution is -2.34. The summed E-state index contributed by atoms with van der Waals surface area (Å²) < 4.78 is 0. The van der Waals surface area contributed by atoms with Gasteiger partial charge < -0.3 is 0 Å². The molecule has 1 aliphatic carbocycles. The Morgan fingerprint density at radius 3 is 1.64 bits per heavy atom. The van der Waals surface area contributed by atoms with Gasteiger partial charge in [-0.25, -0.2) is 0 Å². The predicted octanol–water partition coefficient (Wildman–Crippen LogP) is 7.94. The fraction of sp³-hybridized carbons (Fsp3) is 0.519. The van der Waals surface area contributed by atoms with Gasteiger partial charge in [-0.1, -0.05) is 91.3 Å². The molecule has 0 fully saturated rings. The summed E-state index contributed by atoms with van der Waals surface area (Å²) in [5.74, 6) is 0.134. The molecule has 0 aromatic heterocycles. The molecule has 0 radical (unpaired) electrons. The molecule has 0 saturated heterocycles. The lowest BCUT2D eigenvalue weighted by molar-refractivity contribution is 0.103. The summed E-state index contributed by atoms with van der Waals surface area (Å²) in [5.41, 5.74) is 6.96. The summed E-state index contributed by atoms with van der Waals surface area (Å²) >= 11 is 0. The number of ketones is 1. The third kappa shape index (κ3) is 4.93. The highest BCUT2D eigenvalue weighted by molar-refractivity contribution is 6.10. The molecule has 0 spiro atoms. The van der Waals surface area contributed by atoms with Crippen LogP contribution in [0.25, 0.3) is 0 Å². The van der Waals surface area contributed by atoms with Gasteiger partial charge in [0, 0.05) is 11.1 Å². The van der Waals surface area contributed by atoms with Gasteiger partial charge in [-0.3, -0.25) is 4.79 Å². The zero-order chi connectivity index (χ0) is 21.7. The van der Waals surface area contributed by atoms with Crippen molar-refractivity contribution in [3.63, 3.8) is 0 Å². The van der Waals surface area contributed by atoms with E-state index in [1.54, 1.807) is 0 Å². The van der Waals surface area contributed by atoms with Gasteiger partial charge in [-0.2, -0.15) is 0 Å². The maximum atomic E-state index is 13.0. The van der Waals surface area contributed by atoms with Gasteiger partial charge in [0.1, 0.15) is 0 Å². The van der Waals surface area contributed by atoms with Crippen LogP contribution in [0, 0.1) is 13.8 Å². The lowest BCUT2D eigenvalue weighted by atomic mass is 9.62. The van der Waals surface area contributed by atoms with E-state index in [1.165, 1.54) is 23.1 Å². The maximum Gasteiger partial charge on any atom is 0.193 e. The van der Waals surface area contributed by atoms with Crippen molar-refractivity contribution in [1.82, 2.24) is 0 Å². The highest BCUT2D eigenvalue weighted by Gasteiger charge is 2.37. The molecule has 1 aliphatic rings. The Balaban J connectivity index is 0.000000921. The van der Waals surface area contributed by atoms with E-state index >= 15 is 0 Å². The smallest absolute Gasteiger partial charge is 0.193 e. The third-order valence-corrected chi connectivity index (χ3v) is 5.76. The molecule has 0 bridgehead atoms. The van der Waals surface area contributed by atoms with Crippen LogP contribution in [0.3, 0.4) is 0 Å². The van der Waals surface area contributed by atoms with E-state index in [1.807, 2.05) is 58.9 Å². The van der Waals surface area contributed by atoms with Crippen molar-refractivity contribution < 1.29 is 4.79 Å². The van der Waals surface area contributed by atoms with E-state index in [9.17, 15) is 4.79 Å². The Morgan fingerprint density at radius 1 is 0.750 bits per heavy atom. The van der Waals surface area contributed by atoms with Crippen LogP contribution in [0.2, 0.25) is 0 Å². The van der Waals surface area contributed by atoms with E-state index in [-0.39, 0.29) is 16.6 Å². The second-order valence-corrected chi connectivity index (χ2v) is 8.68. The SMILES string of the molecule is CC.CC.Cc1ccc(C(=O)c2cc3c(cc2C)C(C)(C)CCC3(C)C)cc1. The molecule has 3 rings (SSSR count). The van der Waals surface area contributed by atoms with Crippen molar-refractivity contribution in [2.45, 2.75) is 92.9 Å². The second-order valence-electron chi connectivity index (χ2n) is 8.68. The number of hydrogen-bond donors (Lipinski definition) is 0. The summed E-state index contributed by atoms with van der Waals surface area (Å²) in [5, 5.41) is 0. The largest absolute Gasteiger partial charge is 0.289 e. The van der Waals surface area contributed by atoms with E-state index < -0.39 is 0 Å². The maximum absolute atomic E-state index is 13.0. The predicted molar refractivity (Wildman–Crippen MR) is 124 cm³/mol. The molecular weight excluding hydrogens is 340 g/mol. The van der Waals surface area contributed by atoms with E-state index in [0.29, 0.717) is 0 Å². The Morgan fingerprint density at radius 2 is 1.18 bits per heavy atom. The molecule has 0 heterocycles. The van der Waals surface area contributed by atoms with Crippen LogP contribution in [-0.2, 0) is 10.8 Å². The second kappa shape index (κ2) is 9.54. The molecule has 0 aliphatic heterocycles. The molecule has 1 heteroatoms. The van der Waals surface area contributed by atoms with E-state index in [2.05, 4.69) is 46.8 Å². The topological polar surface area (TPSA) is 17.1 Å². The quantitative estimate of drug-likeness (QED) is 0.483. The Labute approximate surface area is 173 Å². The van der Waals surface area contributed by atoms with Crippen molar-refractivity contribution >= 4 is 5.78 Å². The van der Waals surface area contributed by atoms with Crippen LogP contribution in [-0.4, -0.2) is 5.78 Å². The first-order chi connectivity index (χ1) is 13.1. The first-order valence-electron chi connectivity index (χ1n) is 10.9. The number of aryl methyl sites for hydroxylation is 2. The zero-order valence-corrected chi connectivity index (χ0v) is 19.8. The standard InChI is InChI=1S/C23H28O.2C2H6/c1-15-7-9-17(10-8-15)21(24)18-14-20-19(13-16(18)2)22(3,4)11-12-23(20,5)6;2*1-2/h7-10,13-14H,11-12H2,1-6H3;2*1-2H3. The van der Waals surface area contributed by atoms with Crippen LogP contribution < -0.4 is 0 Å². The summed E-state index contributed by atoms with van der Waals surface area (Å²) in [7, 11) is 0. The average Bonchev–Trinajstić information content (AvgIpc) is 2.68. The first kappa shape index (κ1) is 24.1. The number of carbonyl (C=O) groups excluding carboxylic acids is 1. The van der Waals surface area contributed by atoms with E-state index in [0.717, 1.165) is 23.1 Å². The van der Waals surface area contributed by atoms with Gasteiger partial charge in [-0.05, 0) is 60.3 Å². The van der Waals surface area contributed by atoms with Gasteiger partial charge in [0.15, 0.2) is 5.78 Å². The van der Waals surface area contributed by atoms with Gasteiger partial charge in [-0.15, -0.1) is 0 Å². The van der Waals surface area contributed by atoms with Crippen molar-refractivity contribution in [3.05, 3.63) is 69.8 Å². The highest BCUT2D eigenvalue weighted by Crippen LogP contribution is 2.46. The average molecular weight is 381 g/mol. The number of benzene rings is 2. The molecule has 0 atom stereocenters. The Kier molecular flexibility index (Phi) is 8.23. The lowest BCUT2D eigenvalue weighted by Gasteiger charge is -2.42. The number of hydrogen-bond acceptors (Lipinski definition) is 1. The molecular formula is C27H40O. The number of carbonyl (C=O) groups is 1. The highest BCUT2D eigenvalue weighted by atomic mass is 16.1.